The summed E-state index contributed by atoms with van der Waals surface area (Å²) in [6.07, 6.45) is 0. The van der Waals surface area contributed by atoms with Crippen LogP contribution in [0.4, 0.5) is 0 Å². The lowest BCUT2D eigenvalue weighted by Gasteiger charge is -2.19. The third-order valence-electron chi connectivity index (χ3n) is 1.98. The predicted molar refractivity (Wildman–Crippen MR) is 72.0 cm³/mol. The molecule has 0 aliphatic carbocycles. The van der Waals surface area contributed by atoms with Gasteiger partial charge in [-0.25, -0.2) is 9.59 Å². The molecular formula is C13H16O5S. The summed E-state index contributed by atoms with van der Waals surface area (Å²) < 4.78 is 10.3. The molecule has 104 valence electrons. The molecule has 0 fully saturated rings. The number of esters is 1. The third kappa shape index (κ3) is 5.21. The van der Waals surface area contributed by atoms with Gasteiger partial charge in [-0.2, -0.15) is 0 Å². The third-order valence-corrected chi connectivity index (χ3v) is 2.37. The highest BCUT2D eigenvalue weighted by molar-refractivity contribution is 7.80. The molecule has 0 aliphatic heterocycles. The Morgan fingerprint density at radius 3 is 2.47 bits per heavy atom. The molecule has 5 nitrogen and oxygen atoms in total. The van der Waals surface area contributed by atoms with Gasteiger partial charge in [0.15, 0.2) is 6.61 Å². The van der Waals surface area contributed by atoms with Crippen LogP contribution in [0.3, 0.4) is 0 Å². The molecule has 0 amide bonds. The lowest BCUT2D eigenvalue weighted by molar-refractivity contribution is -0.157. The van der Waals surface area contributed by atoms with E-state index in [2.05, 4.69) is 12.6 Å². The maximum absolute atomic E-state index is 11.4. The number of benzene rings is 1. The minimum atomic E-state index is -1.10. The van der Waals surface area contributed by atoms with E-state index >= 15 is 0 Å². The predicted octanol–water partition coefficient (Wildman–Crippen LogP) is 2.39. The average Bonchev–Trinajstić information content (AvgIpc) is 2.25. The molecule has 0 aliphatic rings. The molecule has 0 heterocycles. The van der Waals surface area contributed by atoms with E-state index in [4.69, 9.17) is 14.6 Å². The van der Waals surface area contributed by atoms with Gasteiger partial charge in [0.1, 0.15) is 11.4 Å². The monoisotopic (exact) mass is 284 g/mol. The number of rotatable bonds is 4. The Morgan fingerprint density at radius 1 is 1.32 bits per heavy atom. The minimum Gasteiger partial charge on any atom is -0.482 e. The summed E-state index contributed by atoms with van der Waals surface area (Å²) in [5.74, 6) is -1.34. The highest BCUT2D eigenvalue weighted by Gasteiger charge is 2.17. The maximum atomic E-state index is 11.4. The molecule has 0 saturated heterocycles. The number of carboxylic acids is 1. The van der Waals surface area contributed by atoms with Crippen LogP contribution in [-0.4, -0.2) is 29.3 Å². The van der Waals surface area contributed by atoms with Crippen LogP contribution in [0.15, 0.2) is 23.1 Å². The van der Waals surface area contributed by atoms with Crippen molar-refractivity contribution < 1.29 is 24.2 Å². The van der Waals surface area contributed by atoms with Crippen LogP contribution in [0, 0.1) is 0 Å². The fourth-order valence-electron chi connectivity index (χ4n) is 1.29. The number of carbonyl (C=O) groups is 2. The summed E-state index contributed by atoms with van der Waals surface area (Å²) in [4.78, 5) is 22.7. The fraction of sp³-hybridized carbons (Fsp3) is 0.385. The number of carboxylic acid groups (broad SMARTS) is 1. The molecule has 6 heteroatoms. The zero-order chi connectivity index (χ0) is 14.6. The lowest BCUT2D eigenvalue weighted by Crippen LogP contribution is -2.27. The number of carbonyl (C=O) groups excluding carboxylic acids is 1. The van der Waals surface area contributed by atoms with E-state index in [1.165, 1.54) is 12.1 Å². The fourth-order valence-corrected chi connectivity index (χ4v) is 1.52. The van der Waals surface area contributed by atoms with Crippen LogP contribution in [0.1, 0.15) is 31.1 Å². The molecule has 0 bridgehead atoms. The van der Waals surface area contributed by atoms with Gasteiger partial charge in [-0.05, 0) is 39.0 Å². The standard InChI is InChI=1S/C13H16O5S/c1-13(2,3)18-11(14)7-17-8-4-5-10(19)9(6-8)12(15)16/h4-6,19H,7H2,1-3H3,(H,15,16). The van der Waals surface area contributed by atoms with E-state index in [1.54, 1.807) is 26.8 Å². The molecule has 0 atom stereocenters. The van der Waals surface area contributed by atoms with Crippen molar-refractivity contribution >= 4 is 24.6 Å². The first-order valence-electron chi connectivity index (χ1n) is 5.60. The summed E-state index contributed by atoms with van der Waals surface area (Å²) in [5.41, 5.74) is -0.563. The number of hydrogen-bond donors (Lipinski definition) is 2. The zero-order valence-electron chi connectivity index (χ0n) is 11.0. The first kappa shape index (κ1) is 15.4. The second-order valence-electron chi connectivity index (χ2n) is 4.86. The number of thiol groups is 1. The summed E-state index contributed by atoms with van der Waals surface area (Å²) in [6.45, 7) is 4.98. The summed E-state index contributed by atoms with van der Waals surface area (Å²) >= 11 is 4.02. The van der Waals surface area contributed by atoms with Gasteiger partial charge in [0, 0.05) is 4.90 Å². The van der Waals surface area contributed by atoms with Gasteiger partial charge in [0.25, 0.3) is 0 Å². The Labute approximate surface area is 116 Å². The Morgan fingerprint density at radius 2 is 1.95 bits per heavy atom. The van der Waals surface area contributed by atoms with Gasteiger partial charge < -0.3 is 14.6 Å². The van der Waals surface area contributed by atoms with E-state index in [1.807, 2.05) is 0 Å². The molecule has 1 aromatic carbocycles. The summed E-state index contributed by atoms with van der Waals surface area (Å²) in [7, 11) is 0. The highest BCUT2D eigenvalue weighted by Crippen LogP contribution is 2.21. The van der Waals surface area contributed by atoms with Crippen LogP contribution >= 0.6 is 12.6 Å². The first-order chi connectivity index (χ1) is 8.69. The zero-order valence-corrected chi connectivity index (χ0v) is 11.9. The molecule has 19 heavy (non-hydrogen) atoms. The molecule has 0 unspecified atom stereocenters. The molecular weight excluding hydrogens is 268 g/mol. The summed E-state index contributed by atoms with van der Waals surface area (Å²) in [6, 6.07) is 4.35. The topological polar surface area (TPSA) is 72.8 Å². The Kier molecular flexibility index (Phi) is 4.83. The van der Waals surface area contributed by atoms with Crippen LogP contribution < -0.4 is 4.74 Å². The molecule has 1 rings (SSSR count). The molecule has 1 aromatic rings. The van der Waals surface area contributed by atoms with Gasteiger partial charge in [0.2, 0.25) is 0 Å². The smallest absolute Gasteiger partial charge is 0.344 e. The van der Waals surface area contributed by atoms with Crippen molar-refractivity contribution in [2.45, 2.75) is 31.3 Å². The van der Waals surface area contributed by atoms with Gasteiger partial charge in [0.05, 0.1) is 5.56 Å². The molecule has 0 aromatic heterocycles. The van der Waals surface area contributed by atoms with Crippen molar-refractivity contribution in [3.63, 3.8) is 0 Å². The van der Waals surface area contributed by atoms with Crippen LogP contribution in [-0.2, 0) is 9.53 Å². The first-order valence-corrected chi connectivity index (χ1v) is 6.05. The van der Waals surface area contributed by atoms with Gasteiger partial charge >= 0.3 is 11.9 Å². The van der Waals surface area contributed by atoms with E-state index in [0.717, 1.165) is 0 Å². The van der Waals surface area contributed by atoms with E-state index in [0.29, 0.717) is 4.90 Å². The van der Waals surface area contributed by atoms with Gasteiger partial charge in [-0.3, -0.25) is 0 Å². The van der Waals surface area contributed by atoms with Crippen molar-refractivity contribution in [1.29, 1.82) is 0 Å². The minimum absolute atomic E-state index is 0.0185. The number of ether oxygens (including phenoxy) is 2. The van der Waals surface area contributed by atoms with E-state index < -0.39 is 17.5 Å². The van der Waals surface area contributed by atoms with Crippen molar-refractivity contribution in [2.75, 3.05) is 6.61 Å². The van der Waals surface area contributed by atoms with Crippen molar-refractivity contribution in [2.24, 2.45) is 0 Å². The van der Waals surface area contributed by atoms with E-state index in [9.17, 15) is 9.59 Å². The Bertz CT molecular complexity index is 490. The number of aromatic carboxylic acids is 1. The Balaban J connectivity index is 2.66. The second kappa shape index (κ2) is 5.97. The molecule has 0 spiro atoms. The quantitative estimate of drug-likeness (QED) is 0.656. The van der Waals surface area contributed by atoms with Gasteiger partial charge in [-0.15, -0.1) is 12.6 Å². The van der Waals surface area contributed by atoms with Crippen LogP contribution in [0.25, 0.3) is 0 Å². The van der Waals surface area contributed by atoms with Crippen molar-refractivity contribution in [1.82, 2.24) is 0 Å². The Hall–Kier alpha value is -1.69. The van der Waals surface area contributed by atoms with E-state index in [-0.39, 0.29) is 17.9 Å². The van der Waals surface area contributed by atoms with Crippen LogP contribution in [0.2, 0.25) is 0 Å². The second-order valence-corrected chi connectivity index (χ2v) is 5.34. The number of hydrogen-bond acceptors (Lipinski definition) is 5. The van der Waals surface area contributed by atoms with Crippen molar-refractivity contribution in [3.05, 3.63) is 23.8 Å². The van der Waals surface area contributed by atoms with Crippen molar-refractivity contribution in [3.8, 4) is 5.75 Å². The van der Waals surface area contributed by atoms with Gasteiger partial charge in [-0.1, -0.05) is 0 Å². The lowest BCUT2D eigenvalue weighted by atomic mass is 10.2. The highest BCUT2D eigenvalue weighted by atomic mass is 32.1. The normalized spacial score (nSPS) is 10.9. The molecule has 1 N–H and O–H groups in total. The van der Waals surface area contributed by atoms with Crippen LogP contribution in [0.5, 0.6) is 5.75 Å². The largest absolute Gasteiger partial charge is 0.482 e. The molecule has 0 radical (unpaired) electrons. The average molecular weight is 284 g/mol. The maximum Gasteiger partial charge on any atom is 0.344 e. The SMILES string of the molecule is CC(C)(C)OC(=O)COc1ccc(S)c(C(=O)O)c1. The molecule has 0 saturated carbocycles. The summed E-state index contributed by atoms with van der Waals surface area (Å²) in [5, 5.41) is 8.92.